The Balaban J connectivity index is 5.20. The molecule has 0 aliphatic rings. The van der Waals surface area contributed by atoms with Crippen molar-refractivity contribution in [2.75, 3.05) is 14.1 Å². The molecule has 0 fully saturated rings. The highest BCUT2D eigenvalue weighted by molar-refractivity contribution is 4.65. The van der Waals surface area contributed by atoms with E-state index in [-0.39, 0.29) is 0 Å². The monoisotopic (exact) mass is 266 g/mol. The van der Waals surface area contributed by atoms with Gasteiger partial charge in [-0.3, -0.25) is 5.32 Å². The predicted molar refractivity (Wildman–Crippen MR) is 69.2 cm³/mol. The molecule has 1 atom stereocenters. The van der Waals surface area contributed by atoms with Crippen LogP contribution in [0.3, 0.4) is 0 Å². The minimum atomic E-state index is -1.05. The van der Waals surface area contributed by atoms with E-state index in [4.69, 9.17) is 28.2 Å². The van der Waals surface area contributed by atoms with Crippen LogP contribution in [0.25, 0.3) is 0 Å². The van der Waals surface area contributed by atoms with Crippen molar-refractivity contribution in [3.8, 4) is 0 Å². The van der Waals surface area contributed by atoms with Crippen molar-refractivity contribution >= 4 is 0 Å². The largest absolute Gasteiger partial charge is 0.305 e. The highest BCUT2D eigenvalue weighted by atomic mass is 16.8. The Bertz CT molecular complexity index is 274. The first-order valence-electron chi connectivity index (χ1n) is 5.90. The molecule has 0 heterocycles. The van der Waals surface area contributed by atoms with Gasteiger partial charge in [-0.2, -0.15) is 0 Å². The van der Waals surface area contributed by atoms with Crippen molar-refractivity contribution in [3.05, 3.63) is 0 Å². The van der Waals surface area contributed by atoms with E-state index in [9.17, 15) is 0 Å². The van der Waals surface area contributed by atoms with Gasteiger partial charge in [0.2, 0.25) is 5.66 Å². The molecule has 0 aliphatic heterocycles. The van der Waals surface area contributed by atoms with Crippen molar-refractivity contribution in [1.29, 1.82) is 0 Å². The van der Waals surface area contributed by atoms with Gasteiger partial charge in [0, 0.05) is 34.2 Å². The molecule has 0 saturated carbocycles. The fourth-order valence-corrected chi connectivity index (χ4v) is 1.41. The molecule has 0 aliphatic carbocycles. The number of nitrogens with zero attached hydrogens (tertiary/aromatic N) is 2. The van der Waals surface area contributed by atoms with E-state index >= 15 is 0 Å². The average Bonchev–Trinajstić information content (AvgIpc) is 2.25. The van der Waals surface area contributed by atoms with Gasteiger partial charge in [0.25, 0.3) is 0 Å². The molecule has 0 aromatic carbocycles. The summed E-state index contributed by atoms with van der Waals surface area (Å²) in [6.45, 7) is 7.19. The lowest BCUT2D eigenvalue weighted by Crippen LogP contribution is -2.84. The molecular formula is C9H30N8O+2. The molecular weight excluding hydrogens is 236 g/mol. The summed E-state index contributed by atoms with van der Waals surface area (Å²) in [5, 5.41) is 3.05. The Hall–Kier alpha value is -0.360. The molecule has 0 aromatic rings. The van der Waals surface area contributed by atoms with Crippen LogP contribution in [0.15, 0.2) is 0 Å². The summed E-state index contributed by atoms with van der Waals surface area (Å²) in [5.41, 5.74) is 0.993. The van der Waals surface area contributed by atoms with Crippen LogP contribution in [0.5, 0.6) is 0 Å². The third-order valence-corrected chi connectivity index (χ3v) is 3.63. The van der Waals surface area contributed by atoms with Gasteiger partial charge >= 0.3 is 5.72 Å². The standard InChI is InChI=1S/C9H30N8O/c1-7-9(4,14-5)17(12,13)18-8(2,3)16(10,11)15-6/h14-15H,7,10-13H2,1-6H3/q+2. The van der Waals surface area contributed by atoms with Crippen LogP contribution in [-0.2, 0) is 4.84 Å². The summed E-state index contributed by atoms with van der Waals surface area (Å²) >= 11 is 0. The van der Waals surface area contributed by atoms with Crippen molar-refractivity contribution in [2.24, 2.45) is 23.4 Å². The lowest BCUT2D eigenvalue weighted by atomic mass is 10.1. The molecule has 0 rings (SSSR count). The van der Waals surface area contributed by atoms with Crippen molar-refractivity contribution in [1.82, 2.24) is 10.7 Å². The van der Waals surface area contributed by atoms with E-state index in [0.29, 0.717) is 6.42 Å². The van der Waals surface area contributed by atoms with Crippen LogP contribution in [0.4, 0.5) is 0 Å². The topological polar surface area (TPSA) is 137 Å². The summed E-state index contributed by atoms with van der Waals surface area (Å²) in [6, 6.07) is 0. The summed E-state index contributed by atoms with van der Waals surface area (Å²) < 4.78 is 0. The molecule has 0 radical (unpaired) electrons. The molecule has 9 nitrogen and oxygen atoms in total. The number of hydrogen-bond acceptors (Lipinski definition) is 7. The fraction of sp³-hybridized carbons (Fsp3) is 1.00. The highest BCUT2D eigenvalue weighted by Gasteiger charge is 2.54. The van der Waals surface area contributed by atoms with Crippen molar-refractivity contribution < 1.29 is 14.5 Å². The molecule has 110 valence electrons. The Kier molecular flexibility index (Phi) is 5.22. The maximum Gasteiger partial charge on any atom is 0.305 e. The molecule has 0 amide bonds. The fourth-order valence-electron chi connectivity index (χ4n) is 1.41. The third-order valence-electron chi connectivity index (χ3n) is 3.63. The number of quaternary nitrogens is 2. The van der Waals surface area contributed by atoms with Crippen molar-refractivity contribution in [2.45, 2.75) is 45.5 Å². The third kappa shape index (κ3) is 3.15. The smallest absolute Gasteiger partial charge is 0.263 e. The first kappa shape index (κ1) is 17.6. The maximum absolute atomic E-state index is 6.04. The van der Waals surface area contributed by atoms with Crippen LogP contribution in [0.2, 0.25) is 0 Å². The molecule has 0 aromatic heterocycles. The van der Waals surface area contributed by atoms with E-state index in [1.807, 2.05) is 13.8 Å². The molecule has 0 bridgehead atoms. The van der Waals surface area contributed by atoms with E-state index in [2.05, 4.69) is 10.7 Å². The van der Waals surface area contributed by atoms with Crippen LogP contribution in [-0.4, -0.2) is 35.2 Å². The predicted octanol–water partition coefficient (Wildman–Crippen LogP) is -1.74. The normalized spacial score (nSPS) is 17.7. The molecule has 10 N–H and O–H groups in total. The van der Waals surface area contributed by atoms with Gasteiger partial charge in [-0.15, -0.1) is 28.8 Å². The molecule has 0 spiro atoms. The first-order valence-corrected chi connectivity index (χ1v) is 5.90. The zero-order valence-electron chi connectivity index (χ0n) is 12.3. The van der Waals surface area contributed by atoms with Gasteiger partial charge in [0.1, 0.15) is 0 Å². The minimum Gasteiger partial charge on any atom is -0.263 e. The average molecular weight is 266 g/mol. The van der Waals surface area contributed by atoms with Gasteiger partial charge in [0.05, 0.1) is 0 Å². The second kappa shape index (κ2) is 5.33. The number of rotatable bonds is 7. The maximum atomic E-state index is 6.04. The van der Waals surface area contributed by atoms with Crippen LogP contribution in [0, 0.1) is 0 Å². The first-order chi connectivity index (χ1) is 7.89. The lowest BCUT2D eigenvalue weighted by Gasteiger charge is -2.45. The molecule has 9 heteroatoms. The lowest BCUT2D eigenvalue weighted by molar-refractivity contribution is -1.22. The summed E-state index contributed by atoms with van der Waals surface area (Å²) in [4.78, 5) is 4.43. The second-order valence-corrected chi connectivity index (χ2v) is 5.13. The Morgan fingerprint density at radius 2 is 1.50 bits per heavy atom. The molecule has 18 heavy (non-hydrogen) atoms. The van der Waals surface area contributed by atoms with Crippen LogP contribution >= 0.6 is 0 Å². The SMILES string of the molecule is CCC(C)(NC)[N+](N)(N)OC(C)(C)[N+](N)(N)NC. The van der Waals surface area contributed by atoms with Gasteiger partial charge in [0.15, 0.2) is 0 Å². The number of hydroxylamine groups is 1. The quantitative estimate of drug-likeness (QED) is 0.139. The molecule has 1 unspecified atom stereocenters. The Morgan fingerprint density at radius 3 is 1.78 bits per heavy atom. The summed E-state index contributed by atoms with van der Waals surface area (Å²) in [6.07, 6.45) is 0.654. The minimum absolute atomic E-state index is 0.578. The van der Waals surface area contributed by atoms with Gasteiger partial charge in [-0.25, -0.2) is 0 Å². The van der Waals surface area contributed by atoms with Gasteiger partial charge < -0.3 is 0 Å². The Morgan fingerprint density at radius 1 is 1.06 bits per heavy atom. The van der Waals surface area contributed by atoms with E-state index < -0.39 is 21.1 Å². The van der Waals surface area contributed by atoms with Gasteiger partial charge in [-0.1, -0.05) is 16.6 Å². The number of hydrogen-bond donors (Lipinski definition) is 6. The van der Waals surface area contributed by atoms with Crippen LogP contribution in [0.1, 0.15) is 34.1 Å². The van der Waals surface area contributed by atoms with Gasteiger partial charge in [-0.05, 0) is 11.9 Å². The summed E-state index contributed by atoms with van der Waals surface area (Å²) in [5.74, 6) is 23.8. The number of nitrogens with one attached hydrogen (secondary N) is 2. The van der Waals surface area contributed by atoms with Crippen molar-refractivity contribution in [3.63, 3.8) is 0 Å². The molecule has 0 saturated heterocycles. The zero-order chi connectivity index (χ0) is 14.8. The van der Waals surface area contributed by atoms with Crippen LogP contribution < -0.4 is 34.1 Å². The highest BCUT2D eigenvalue weighted by Crippen LogP contribution is 2.24. The number of nitrogens with two attached hydrogens (primary N) is 4. The van der Waals surface area contributed by atoms with E-state index in [1.54, 1.807) is 27.9 Å². The zero-order valence-corrected chi connectivity index (χ0v) is 12.3. The Labute approximate surface area is 109 Å². The van der Waals surface area contributed by atoms with E-state index in [1.165, 1.54) is 0 Å². The summed E-state index contributed by atoms with van der Waals surface area (Å²) in [7, 11) is 3.38. The van der Waals surface area contributed by atoms with E-state index in [0.717, 1.165) is 0 Å². The second-order valence-electron chi connectivity index (χ2n) is 5.13.